The maximum Gasteiger partial charge on any atom is 0.278 e. The van der Waals surface area contributed by atoms with Gasteiger partial charge in [-0.15, -0.1) is 10.2 Å². The summed E-state index contributed by atoms with van der Waals surface area (Å²) in [5.74, 6) is 0.418. The van der Waals surface area contributed by atoms with E-state index in [-0.39, 0.29) is 11.6 Å². The molecule has 8 nitrogen and oxygen atoms in total. The third kappa shape index (κ3) is 3.85. The van der Waals surface area contributed by atoms with E-state index in [2.05, 4.69) is 20.6 Å². The number of amides is 1. The van der Waals surface area contributed by atoms with Gasteiger partial charge in [0.25, 0.3) is 5.91 Å². The quantitative estimate of drug-likeness (QED) is 0.513. The number of nitrogens with zero attached hydrogens (tertiary/aromatic N) is 4. The lowest BCUT2D eigenvalue weighted by Gasteiger charge is -2.09. The zero-order valence-electron chi connectivity index (χ0n) is 17.8. The number of hydrogen-bond donors (Lipinski definition) is 1. The van der Waals surface area contributed by atoms with Gasteiger partial charge in [0.2, 0.25) is 0 Å². The number of rotatable bonds is 6. The topological polar surface area (TPSA) is 90.6 Å². The molecule has 2 aromatic carbocycles. The van der Waals surface area contributed by atoms with Crippen molar-refractivity contribution in [1.82, 2.24) is 19.8 Å². The predicted molar refractivity (Wildman–Crippen MR) is 117 cm³/mol. The molecule has 0 radical (unpaired) electrons. The second kappa shape index (κ2) is 8.53. The first-order chi connectivity index (χ1) is 15.0. The minimum Gasteiger partial charge on any atom is -0.497 e. The number of para-hydroxylation sites is 1. The first kappa shape index (κ1) is 20.5. The summed E-state index contributed by atoms with van der Waals surface area (Å²) in [6.45, 7) is 4.04. The van der Waals surface area contributed by atoms with Gasteiger partial charge >= 0.3 is 0 Å². The van der Waals surface area contributed by atoms with Gasteiger partial charge < -0.3 is 14.8 Å². The Kier molecular flexibility index (Phi) is 5.64. The molecule has 8 heteroatoms. The molecular weight excluding hydrogens is 394 g/mol. The first-order valence-electron chi connectivity index (χ1n) is 9.78. The molecule has 4 aromatic rings. The van der Waals surface area contributed by atoms with E-state index < -0.39 is 0 Å². The summed E-state index contributed by atoms with van der Waals surface area (Å²) >= 11 is 0. The summed E-state index contributed by atoms with van der Waals surface area (Å²) < 4.78 is 12.2. The van der Waals surface area contributed by atoms with E-state index in [1.807, 2.05) is 55.5 Å². The number of methoxy groups -OCH3 is 2. The van der Waals surface area contributed by atoms with Crippen LogP contribution in [0, 0.1) is 13.8 Å². The van der Waals surface area contributed by atoms with Crippen molar-refractivity contribution in [2.24, 2.45) is 0 Å². The van der Waals surface area contributed by atoms with E-state index in [1.54, 1.807) is 25.7 Å². The average molecular weight is 417 g/mol. The van der Waals surface area contributed by atoms with Gasteiger partial charge in [-0.25, -0.2) is 4.52 Å². The Labute approximate surface area is 179 Å². The van der Waals surface area contributed by atoms with E-state index in [0.717, 1.165) is 28.1 Å². The van der Waals surface area contributed by atoms with Crippen LogP contribution in [0.25, 0.3) is 16.8 Å². The number of aryl methyl sites for hydroxylation is 2. The van der Waals surface area contributed by atoms with Crippen LogP contribution >= 0.6 is 0 Å². The summed E-state index contributed by atoms with van der Waals surface area (Å²) in [5.41, 5.74) is 5.49. The lowest BCUT2D eigenvalue weighted by atomic mass is 10.1. The van der Waals surface area contributed by atoms with Gasteiger partial charge in [0.15, 0.2) is 11.3 Å². The molecule has 1 N–H and O–H groups in total. The molecule has 0 spiro atoms. The van der Waals surface area contributed by atoms with Crippen LogP contribution in [-0.2, 0) is 11.3 Å². The molecule has 0 aliphatic heterocycles. The van der Waals surface area contributed by atoms with Crippen molar-refractivity contribution in [1.29, 1.82) is 0 Å². The van der Waals surface area contributed by atoms with Gasteiger partial charge in [0, 0.05) is 12.8 Å². The number of carbonyl (C=O) groups excluding carboxylic acids is 1. The highest BCUT2D eigenvalue weighted by Crippen LogP contribution is 2.30. The van der Waals surface area contributed by atoms with Crippen LogP contribution in [0.15, 0.2) is 48.5 Å². The minimum atomic E-state index is -0.337. The molecular formula is C23H23N5O3. The van der Waals surface area contributed by atoms with E-state index in [9.17, 15) is 4.79 Å². The molecule has 31 heavy (non-hydrogen) atoms. The van der Waals surface area contributed by atoms with E-state index >= 15 is 0 Å². The Morgan fingerprint density at radius 3 is 2.45 bits per heavy atom. The van der Waals surface area contributed by atoms with Gasteiger partial charge in [0.05, 0.1) is 30.7 Å². The molecule has 2 heterocycles. The van der Waals surface area contributed by atoms with Crippen LogP contribution in [0.1, 0.15) is 27.4 Å². The molecule has 1 amide bonds. The zero-order chi connectivity index (χ0) is 22.0. The third-order valence-electron chi connectivity index (χ3n) is 5.11. The molecule has 0 unspecified atom stereocenters. The summed E-state index contributed by atoms with van der Waals surface area (Å²) in [6, 6.07) is 15.2. The lowest BCUT2D eigenvalue weighted by Crippen LogP contribution is -2.19. The van der Waals surface area contributed by atoms with E-state index in [1.165, 1.54) is 0 Å². The van der Waals surface area contributed by atoms with Gasteiger partial charge in [0.1, 0.15) is 5.75 Å². The normalized spacial score (nSPS) is 11.0. The Morgan fingerprint density at radius 2 is 1.77 bits per heavy atom. The van der Waals surface area contributed by atoms with Gasteiger partial charge in [-0.2, -0.15) is 5.10 Å². The van der Waals surface area contributed by atoms with Crippen molar-refractivity contribution in [3.63, 3.8) is 0 Å². The number of anilines is 1. The molecule has 2 aromatic heterocycles. The number of aromatic nitrogens is 4. The summed E-state index contributed by atoms with van der Waals surface area (Å²) in [6.07, 6.45) is 0. The van der Waals surface area contributed by atoms with Gasteiger partial charge in [-0.1, -0.05) is 30.3 Å². The minimum absolute atomic E-state index is 0.212. The highest BCUT2D eigenvalue weighted by molar-refractivity contribution is 6.04. The van der Waals surface area contributed by atoms with Crippen LogP contribution in [0.3, 0.4) is 0 Å². The standard InChI is InChI=1S/C23H23N5O3/c1-14-7-5-6-8-18(14)24-23(29)21-15(2)28-22(26-25-21)20(19(27-28)13-30-3)16-9-11-17(31-4)12-10-16/h5-12H,13H2,1-4H3,(H,24,29). The zero-order valence-corrected chi connectivity index (χ0v) is 17.8. The maximum atomic E-state index is 12.9. The highest BCUT2D eigenvalue weighted by Gasteiger charge is 2.22. The number of benzene rings is 2. The van der Waals surface area contributed by atoms with Crippen LogP contribution in [-0.4, -0.2) is 39.9 Å². The van der Waals surface area contributed by atoms with Gasteiger partial charge in [-0.3, -0.25) is 4.79 Å². The van der Waals surface area contributed by atoms with Crippen molar-refractivity contribution in [2.75, 3.05) is 19.5 Å². The second-order valence-corrected chi connectivity index (χ2v) is 7.12. The van der Waals surface area contributed by atoms with Crippen molar-refractivity contribution in [3.8, 4) is 16.9 Å². The smallest absolute Gasteiger partial charge is 0.278 e. The van der Waals surface area contributed by atoms with Crippen LogP contribution in [0.4, 0.5) is 5.69 Å². The Bertz CT molecular complexity index is 1250. The highest BCUT2D eigenvalue weighted by atomic mass is 16.5. The largest absolute Gasteiger partial charge is 0.497 e. The molecule has 0 fully saturated rings. The van der Waals surface area contributed by atoms with Crippen molar-refractivity contribution in [2.45, 2.75) is 20.5 Å². The van der Waals surface area contributed by atoms with Crippen LogP contribution in [0.2, 0.25) is 0 Å². The molecule has 158 valence electrons. The van der Waals surface area contributed by atoms with Crippen molar-refractivity contribution < 1.29 is 14.3 Å². The monoisotopic (exact) mass is 417 g/mol. The first-order valence-corrected chi connectivity index (χ1v) is 9.78. The van der Waals surface area contributed by atoms with E-state index in [0.29, 0.717) is 23.6 Å². The number of nitrogens with one attached hydrogen (secondary N) is 1. The molecule has 0 aliphatic rings. The van der Waals surface area contributed by atoms with E-state index in [4.69, 9.17) is 9.47 Å². The molecule has 0 atom stereocenters. The Hall–Kier alpha value is -3.78. The molecule has 0 aliphatic carbocycles. The average Bonchev–Trinajstić information content (AvgIpc) is 3.15. The molecule has 4 rings (SSSR count). The SMILES string of the molecule is COCc1nn2c(C)c(C(=O)Nc3ccccc3C)nnc2c1-c1ccc(OC)cc1. The molecule has 0 bridgehead atoms. The fourth-order valence-electron chi connectivity index (χ4n) is 3.44. The lowest BCUT2D eigenvalue weighted by molar-refractivity contribution is 0.102. The number of ether oxygens (including phenoxy) is 2. The molecule has 0 saturated carbocycles. The maximum absolute atomic E-state index is 12.9. The number of hydrogen-bond acceptors (Lipinski definition) is 6. The summed E-state index contributed by atoms with van der Waals surface area (Å²) in [5, 5.41) is 16.2. The Balaban J connectivity index is 1.79. The number of fused-ring (bicyclic) bond motifs is 1. The van der Waals surface area contributed by atoms with Gasteiger partial charge in [-0.05, 0) is 43.2 Å². The fourth-order valence-corrected chi connectivity index (χ4v) is 3.44. The summed E-state index contributed by atoms with van der Waals surface area (Å²) in [7, 11) is 3.24. The Morgan fingerprint density at radius 1 is 1.03 bits per heavy atom. The summed E-state index contributed by atoms with van der Waals surface area (Å²) in [4.78, 5) is 12.9. The predicted octanol–water partition coefficient (Wildman–Crippen LogP) is 3.82. The second-order valence-electron chi connectivity index (χ2n) is 7.12. The fraction of sp³-hybridized carbons (Fsp3) is 0.217. The van der Waals surface area contributed by atoms with Crippen LogP contribution < -0.4 is 10.1 Å². The van der Waals surface area contributed by atoms with Crippen molar-refractivity contribution in [3.05, 3.63) is 71.2 Å². The molecule has 0 saturated heterocycles. The van der Waals surface area contributed by atoms with Crippen LogP contribution in [0.5, 0.6) is 5.75 Å². The third-order valence-corrected chi connectivity index (χ3v) is 5.11. The number of carbonyl (C=O) groups is 1. The van der Waals surface area contributed by atoms with Crippen molar-refractivity contribution >= 4 is 17.2 Å².